The molecule has 8 nitrogen and oxygen atoms in total. The highest BCUT2D eigenvalue weighted by Gasteiger charge is 2.28. The van der Waals surface area contributed by atoms with Crippen molar-refractivity contribution >= 4 is 22.0 Å². The van der Waals surface area contributed by atoms with Gasteiger partial charge >= 0.3 is 6.03 Å². The Morgan fingerprint density at radius 2 is 1.86 bits per heavy atom. The largest absolute Gasteiger partial charge is 0.336 e. The monoisotopic (exact) mass is 410 g/mol. The van der Waals surface area contributed by atoms with Crippen molar-refractivity contribution in [2.75, 3.05) is 19.3 Å². The van der Waals surface area contributed by atoms with Gasteiger partial charge in [0, 0.05) is 37.3 Å². The maximum Gasteiger partial charge on any atom is 0.315 e. The van der Waals surface area contributed by atoms with Crippen LogP contribution in [0.25, 0.3) is 0 Å². The summed E-state index contributed by atoms with van der Waals surface area (Å²) in [7, 11) is -3.29. The van der Waals surface area contributed by atoms with E-state index in [0.717, 1.165) is 31.1 Å². The molecule has 0 radical (unpaired) electrons. The summed E-state index contributed by atoms with van der Waals surface area (Å²) in [6, 6.07) is 6.81. The number of piperidine rings is 1. The highest BCUT2D eigenvalue weighted by atomic mass is 32.2. The average Bonchev–Trinajstić information content (AvgIpc) is 2.64. The third-order valence-electron chi connectivity index (χ3n) is 4.54. The van der Waals surface area contributed by atoms with Gasteiger partial charge in [0.2, 0.25) is 10.0 Å². The Labute approximate surface area is 167 Å². The lowest BCUT2D eigenvalue weighted by Gasteiger charge is -2.35. The van der Waals surface area contributed by atoms with Gasteiger partial charge in [0.15, 0.2) is 0 Å². The highest BCUT2D eigenvalue weighted by Crippen LogP contribution is 2.20. The zero-order chi connectivity index (χ0) is 20.7. The smallest absolute Gasteiger partial charge is 0.315 e. The molecule has 1 atom stereocenters. The SMILES string of the molecule is CC(C)NC(=O)NCc1ccc(C(=O)N2CCCCC2CNS(C)(=O)=O)cc1. The van der Waals surface area contributed by atoms with E-state index in [1.54, 1.807) is 17.0 Å². The molecule has 0 aromatic heterocycles. The first-order valence-electron chi connectivity index (χ1n) is 9.54. The van der Waals surface area contributed by atoms with Gasteiger partial charge in [-0.1, -0.05) is 12.1 Å². The number of hydrogen-bond donors (Lipinski definition) is 3. The lowest BCUT2D eigenvalue weighted by Crippen LogP contribution is -2.49. The third kappa shape index (κ3) is 7.12. The molecular weight excluding hydrogens is 380 g/mol. The molecule has 0 bridgehead atoms. The molecule has 3 N–H and O–H groups in total. The van der Waals surface area contributed by atoms with E-state index in [4.69, 9.17) is 0 Å². The second kappa shape index (κ2) is 9.88. The molecule has 0 saturated carbocycles. The van der Waals surface area contributed by atoms with Crippen molar-refractivity contribution in [3.63, 3.8) is 0 Å². The fourth-order valence-corrected chi connectivity index (χ4v) is 3.65. The Morgan fingerprint density at radius 3 is 2.46 bits per heavy atom. The van der Waals surface area contributed by atoms with Gasteiger partial charge in [-0.25, -0.2) is 17.9 Å². The Kier molecular flexibility index (Phi) is 7.82. The minimum absolute atomic E-state index is 0.0645. The predicted octanol–water partition coefficient (Wildman–Crippen LogP) is 1.44. The summed E-state index contributed by atoms with van der Waals surface area (Å²) in [5.74, 6) is -0.0999. The van der Waals surface area contributed by atoms with Crippen molar-refractivity contribution in [1.29, 1.82) is 0 Å². The van der Waals surface area contributed by atoms with Gasteiger partial charge in [-0.2, -0.15) is 0 Å². The fraction of sp³-hybridized carbons (Fsp3) is 0.579. The molecule has 1 aliphatic rings. The molecule has 2 rings (SSSR count). The number of carbonyl (C=O) groups is 2. The van der Waals surface area contributed by atoms with E-state index in [2.05, 4.69) is 15.4 Å². The fourth-order valence-electron chi connectivity index (χ4n) is 3.15. The molecule has 156 valence electrons. The molecular formula is C19H30N4O4S. The summed E-state index contributed by atoms with van der Waals surface area (Å²) in [5.41, 5.74) is 1.45. The summed E-state index contributed by atoms with van der Waals surface area (Å²) in [5, 5.41) is 5.52. The molecule has 0 aliphatic carbocycles. The van der Waals surface area contributed by atoms with Crippen LogP contribution in [-0.4, -0.2) is 56.7 Å². The molecule has 1 aromatic rings. The molecule has 1 aliphatic heterocycles. The molecule has 9 heteroatoms. The molecule has 0 spiro atoms. The van der Waals surface area contributed by atoms with Gasteiger partial charge < -0.3 is 15.5 Å². The summed E-state index contributed by atoms with van der Waals surface area (Å²) in [4.78, 5) is 26.3. The molecule has 1 aromatic carbocycles. The van der Waals surface area contributed by atoms with Crippen LogP contribution in [0.3, 0.4) is 0 Å². The number of likely N-dealkylation sites (tertiary alicyclic amines) is 1. The van der Waals surface area contributed by atoms with E-state index in [-0.39, 0.29) is 30.6 Å². The van der Waals surface area contributed by atoms with E-state index in [1.807, 2.05) is 26.0 Å². The van der Waals surface area contributed by atoms with Gasteiger partial charge in [-0.15, -0.1) is 0 Å². The second-order valence-electron chi connectivity index (χ2n) is 7.45. The van der Waals surface area contributed by atoms with Gasteiger partial charge in [-0.3, -0.25) is 4.79 Å². The number of hydrogen-bond acceptors (Lipinski definition) is 4. The van der Waals surface area contributed by atoms with Crippen molar-refractivity contribution in [1.82, 2.24) is 20.3 Å². The number of urea groups is 1. The minimum Gasteiger partial charge on any atom is -0.336 e. The molecule has 3 amide bonds. The number of nitrogens with one attached hydrogen (secondary N) is 3. The molecule has 28 heavy (non-hydrogen) atoms. The van der Waals surface area contributed by atoms with E-state index in [0.29, 0.717) is 18.7 Å². The van der Waals surface area contributed by atoms with Crippen LogP contribution >= 0.6 is 0 Å². The Balaban J connectivity index is 1.97. The number of nitrogens with zero attached hydrogens (tertiary/aromatic N) is 1. The molecule has 1 unspecified atom stereocenters. The Morgan fingerprint density at radius 1 is 1.18 bits per heavy atom. The Hall–Kier alpha value is -2.13. The van der Waals surface area contributed by atoms with E-state index < -0.39 is 10.0 Å². The average molecular weight is 411 g/mol. The first-order chi connectivity index (χ1) is 13.2. The quantitative estimate of drug-likeness (QED) is 0.632. The van der Waals surface area contributed by atoms with Gasteiger partial charge in [-0.05, 0) is 50.8 Å². The number of carbonyl (C=O) groups excluding carboxylic acids is 2. The standard InChI is InChI=1S/C19H30N4O4S/c1-14(2)22-19(25)20-12-15-7-9-16(10-8-15)18(24)23-11-5-4-6-17(23)13-21-28(3,26)27/h7-10,14,17,21H,4-6,11-13H2,1-3H3,(H2,20,22,25). The van der Waals surface area contributed by atoms with Crippen molar-refractivity contribution < 1.29 is 18.0 Å². The predicted molar refractivity (Wildman–Crippen MR) is 108 cm³/mol. The second-order valence-corrected chi connectivity index (χ2v) is 9.28. The number of benzene rings is 1. The molecule has 1 fully saturated rings. The number of sulfonamides is 1. The number of amides is 3. The first kappa shape index (κ1) is 22.2. The lowest BCUT2D eigenvalue weighted by atomic mass is 10.0. The van der Waals surface area contributed by atoms with Crippen LogP contribution in [0, 0.1) is 0 Å². The topological polar surface area (TPSA) is 108 Å². The third-order valence-corrected chi connectivity index (χ3v) is 5.23. The number of rotatable bonds is 7. The van der Waals surface area contributed by atoms with Crippen molar-refractivity contribution in [3.05, 3.63) is 35.4 Å². The lowest BCUT2D eigenvalue weighted by molar-refractivity contribution is 0.0618. The zero-order valence-electron chi connectivity index (χ0n) is 16.7. The van der Waals surface area contributed by atoms with Crippen LogP contribution < -0.4 is 15.4 Å². The van der Waals surface area contributed by atoms with E-state index >= 15 is 0 Å². The normalized spacial score (nSPS) is 17.4. The van der Waals surface area contributed by atoms with Gasteiger partial charge in [0.05, 0.1) is 6.26 Å². The van der Waals surface area contributed by atoms with Crippen LogP contribution in [0.5, 0.6) is 0 Å². The van der Waals surface area contributed by atoms with E-state index in [9.17, 15) is 18.0 Å². The Bertz CT molecular complexity index is 778. The van der Waals surface area contributed by atoms with Crippen molar-refractivity contribution in [3.8, 4) is 0 Å². The van der Waals surface area contributed by atoms with Gasteiger partial charge in [0.25, 0.3) is 5.91 Å². The van der Waals surface area contributed by atoms with Gasteiger partial charge in [0.1, 0.15) is 0 Å². The van der Waals surface area contributed by atoms with E-state index in [1.165, 1.54) is 0 Å². The van der Waals surface area contributed by atoms with Crippen LogP contribution in [-0.2, 0) is 16.6 Å². The zero-order valence-corrected chi connectivity index (χ0v) is 17.5. The van der Waals surface area contributed by atoms with Crippen molar-refractivity contribution in [2.45, 2.75) is 51.7 Å². The maximum atomic E-state index is 12.9. The summed E-state index contributed by atoms with van der Waals surface area (Å²) >= 11 is 0. The summed E-state index contributed by atoms with van der Waals surface area (Å²) in [6.07, 6.45) is 3.79. The summed E-state index contributed by atoms with van der Waals surface area (Å²) in [6.45, 7) is 5.00. The molecule has 1 saturated heterocycles. The first-order valence-corrected chi connectivity index (χ1v) is 11.4. The molecule has 1 heterocycles. The maximum absolute atomic E-state index is 12.9. The highest BCUT2D eigenvalue weighted by molar-refractivity contribution is 7.88. The van der Waals surface area contributed by atoms with Crippen LogP contribution in [0.15, 0.2) is 24.3 Å². The van der Waals surface area contributed by atoms with Crippen LogP contribution in [0.2, 0.25) is 0 Å². The van der Waals surface area contributed by atoms with Crippen molar-refractivity contribution in [2.24, 2.45) is 0 Å². The van der Waals surface area contributed by atoms with Crippen LogP contribution in [0.4, 0.5) is 4.79 Å². The van der Waals surface area contributed by atoms with Crippen LogP contribution in [0.1, 0.15) is 49.0 Å². The summed E-state index contributed by atoms with van der Waals surface area (Å²) < 4.78 is 25.3. The minimum atomic E-state index is -3.29.